The molecule has 17 heavy (non-hydrogen) atoms. The van der Waals surface area contributed by atoms with Gasteiger partial charge < -0.3 is 5.32 Å². The maximum absolute atomic E-state index is 3.46. The summed E-state index contributed by atoms with van der Waals surface area (Å²) >= 11 is 2.47. The first-order chi connectivity index (χ1) is 8.20. The predicted octanol–water partition coefficient (Wildman–Crippen LogP) is 4.83. The fraction of sp³-hybridized carbons (Fsp3) is 0.600. The SMILES string of the molecule is CCCCCCC(NC)c1cccc(C)c1I. The maximum atomic E-state index is 3.46. The van der Waals surface area contributed by atoms with Crippen molar-refractivity contribution < 1.29 is 0 Å². The Labute approximate surface area is 120 Å². The van der Waals surface area contributed by atoms with Crippen molar-refractivity contribution in [2.75, 3.05) is 7.05 Å². The van der Waals surface area contributed by atoms with Gasteiger partial charge in [-0.3, -0.25) is 0 Å². The first-order valence-corrected chi connectivity index (χ1v) is 7.70. The Bertz CT molecular complexity index is 336. The van der Waals surface area contributed by atoms with Crippen molar-refractivity contribution >= 4 is 22.6 Å². The summed E-state index contributed by atoms with van der Waals surface area (Å²) in [4.78, 5) is 0. The molecule has 0 heterocycles. The molecule has 0 spiro atoms. The van der Waals surface area contributed by atoms with Crippen LogP contribution in [0, 0.1) is 10.5 Å². The zero-order valence-electron chi connectivity index (χ0n) is 11.2. The standard InChI is InChI=1S/C15H24IN/c1-4-5-6-7-11-14(17-3)13-10-8-9-12(2)15(13)16/h8-10,14,17H,4-7,11H2,1-3H3. The summed E-state index contributed by atoms with van der Waals surface area (Å²) in [6.07, 6.45) is 6.60. The Hall–Kier alpha value is -0.0900. The number of rotatable bonds is 7. The first kappa shape index (κ1) is 15.0. The van der Waals surface area contributed by atoms with E-state index in [4.69, 9.17) is 0 Å². The largest absolute Gasteiger partial charge is 0.313 e. The van der Waals surface area contributed by atoms with Gasteiger partial charge in [0.2, 0.25) is 0 Å². The van der Waals surface area contributed by atoms with Crippen molar-refractivity contribution in [3.8, 4) is 0 Å². The molecule has 0 aromatic heterocycles. The summed E-state index contributed by atoms with van der Waals surface area (Å²) in [5.74, 6) is 0. The minimum Gasteiger partial charge on any atom is -0.313 e. The van der Waals surface area contributed by atoms with E-state index in [1.807, 2.05) is 0 Å². The lowest BCUT2D eigenvalue weighted by Gasteiger charge is -2.19. The summed E-state index contributed by atoms with van der Waals surface area (Å²) in [7, 11) is 2.07. The molecule has 1 aromatic carbocycles. The minimum atomic E-state index is 0.513. The first-order valence-electron chi connectivity index (χ1n) is 6.63. The van der Waals surface area contributed by atoms with Gasteiger partial charge in [0, 0.05) is 9.61 Å². The average Bonchev–Trinajstić information content (AvgIpc) is 2.34. The molecule has 0 amide bonds. The molecule has 0 fully saturated rings. The van der Waals surface area contributed by atoms with Gasteiger partial charge in [-0.1, -0.05) is 50.8 Å². The topological polar surface area (TPSA) is 12.0 Å². The van der Waals surface area contributed by atoms with Crippen molar-refractivity contribution in [1.82, 2.24) is 5.32 Å². The van der Waals surface area contributed by atoms with Crippen molar-refractivity contribution in [3.63, 3.8) is 0 Å². The second-order valence-electron chi connectivity index (χ2n) is 4.67. The molecule has 1 unspecified atom stereocenters. The summed E-state index contributed by atoms with van der Waals surface area (Å²) in [5.41, 5.74) is 2.85. The molecule has 0 saturated carbocycles. The molecular weight excluding hydrogens is 321 g/mol. The molecule has 1 rings (SSSR count). The van der Waals surface area contributed by atoms with Gasteiger partial charge in [0.15, 0.2) is 0 Å². The van der Waals surface area contributed by atoms with E-state index in [2.05, 4.69) is 67.0 Å². The van der Waals surface area contributed by atoms with E-state index in [0.29, 0.717) is 6.04 Å². The Kier molecular flexibility index (Phi) is 7.12. The van der Waals surface area contributed by atoms with Crippen LogP contribution in [-0.2, 0) is 0 Å². The number of hydrogen-bond donors (Lipinski definition) is 1. The highest BCUT2D eigenvalue weighted by Gasteiger charge is 2.12. The number of halogens is 1. The van der Waals surface area contributed by atoms with Gasteiger partial charge >= 0.3 is 0 Å². The zero-order valence-corrected chi connectivity index (χ0v) is 13.4. The van der Waals surface area contributed by atoms with Crippen molar-refractivity contribution in [2.24, 2.45) is 0 Å². The average molecular weight is 345 g/mol. The van der Waals surface area contributed by atoms with Crippen molar-refractivity contribution in [2.45, 2.75) is 52.0 Å². The Morgan fingerprint density at radius 1 is 1.24 bits per heavy atom. The summed E-state index contributed by atoms with van der Waals surface area (Å²) in [6.45, 7) is 4.45. The lowest BCUT2D eigenvalue weighted by Crippen LogP contribution is -2.17. The van der Waals surface area contributed by atoms with Crippen LogP contribution < -0.4 is 5.32 Å². The van der Waals surface area contributed by atoms with Crippen LogP contribution in [0.3, 0.4) is 0 Å². The summed E-state index contributed by atoms with van der Waals surface area (Å²) in [6, 6.07) is 7.13. The van der Waals surface area contributed by atoms with E-state index in [-0.39, 0.29) is 0 Å². The third-order valence-electron chi connectivity index (χ3n) is 3.29. The number of nitrogens with one attached hydrogen (secondary N) is 1. The summed E-state index contributed by atoms with van der Waals surface area (Å²) in [5, 5.41) is 3.46. The van der Waals surface area contributed by atoms with E-state index in [9.17, 15) is 0 Å². The highest BCUT2D eigenvalue weighted by molar-refractivity contribution is 14.1. The second kappa shape index (κ2) is 8.09. The maximum Gasteiger partial charge on any atom is 0.0328 e. The van der Waals surface area contributed by atoms with Gasteiger partial charge in [0.25, 0.3) is 0 Å². The van der Waals surface area contributed by atoms with Crippen molar-refractivity contribution in [1.29, 1.82) is 0 Å². The molecule has 0 radical (unpaired) electrons. The molecular formula is C15H24IN. The molecule has 1 aromatic rings. The van der Waals surface area contributed by atoms with Crippen LogP contribution in [0.5, 0.6) is 0 Å². The number of benzene rings is 1. The van der Waals surface area contributed by atoms with Gasteiger partial charge in [0.05, 0.1) is 0 Å². The van der Waals surface area contributed by atoms with Crippen LogP contribution >= 0.6 is 22.6 Å². The van der Waals surface area contributed by atoms with E-state index in [1.54, 1.807) is 0 Å². The molecule has 2 heteroatoms. The van der Waals surface area contributed by atoms with E-state index in [1.165, 1.54) is 46.8 Å². The Morgan fingerprint density at radius 2 is 2.00 bits per heavy atom. The fourth-order valence-electron chi connectivity index (χ4n) is 2.17. The molecule has 0 saturated heterocycles. The predicted molar refractivity (Wildman–Crippen MR) is 84.5 cm³/mol. The van der Waals surface area contributed by atoms with Crippen LogP contribution in [0.15, 0.2) is 18.2 Å². The number of hydrogen-bond acceptors (Lipinski definition) is 1. The van der Waals surface area contributed by atoms with Gasteiger partial charge in [-0.05, 0) is 54.1 Å². The second-order valence-corrected chi connectivity index (χ2v) is 5.75. The molecule has 0 aliphatic rings. The Balaban J connectivity index is 2.63. The zero-order chi connectivity index (χ0) is 12.7. The quantitative estimate of drug-likeness (QED) is 0.551. The number of unbranched alkanes of at least 4 members (excludes halogenated alkanes) is 3. The lowest BCUT2D eigenvalue weighted by molar-refractivity contribution is 0.503. The van der Waals surface area contributed by atoms with Gasteiger partial charge in [-0.2, -0.15) is 0 Å². The fourth-order valence-corrected chi connectivity index (χ4v) is 2.91. The molecule has 96 valence electrons. The highest BCUT2D eigenvalue weighted by Crippen LogP contribution is 2.26. The molecule has 1 atom stereocenters. The van der Waals surface area contributed by atoms with Crippen molar-refractivity contribution in [3.05, 3.63) is 32.9 Å². The van der Waals surface area contributed by atoms with Crippen LogP contribution in [-0.4, -0.2) is 7.05 Å². The monoisotopic (exact) mass is 345 g/mol. The van der Waals surface area contributed by atoms with E-state index in [0.717, 1.165) is 0 Å². The number of aryl methyl sites for hydroxylation is 1. The highest BCUT2D eigenvalue weighted by atomic mass is 127. The van der Waals surface area contributed by atoms with Crippen LogP contribution in [0.25, 0.3) is 0 Å². The smallest absolute Gasteiger partial charge is 0.0328 e. The third-order valence-corrected chi connectivity index (χ3v) is 4.77. The normalized spacial score (nSPS) is 12.7. The summed E-state index contributed by atoms with van der Waals surface area (Å²) < 4.78 is 1.42. The van der Waals surface area contributed by atoms with Gasteiger partial charge in [-0.25, -0.2) is 0 Å². The van der Waals surface area contributed by atoms with Gasteiger partial charge in [0.1, 0.15) is 0 Å². The van der Waals surface area contributed by atoms with Gasteiger partial charge in [-0.15, -0.1) is 0 Å². The molecule has 0 aliphatic heterocycles. The molecule has 1 nitrogen and oxygen atoms in total. The Morgan fingerprint density at radius 3 is 2.65 bits per heavy atom. The lowest BCUT2D eigenvalue weighted by atomic mass is 9.99. The van der Waals surface area contributed by atoms with Crippen LogP contribution in [0.1, 0.15) is 56.2 Å². The molecule has 0 aliphatic carbocycles. The van der Waals surface area contributed by atoms with E-state index < -0.39 is 0 Å². The van der Waals surface area contributed by atoms with Crippen LogP contribution in [0.4, 0.5) is 0 Å². The van der Waals surface area contributed by atoms with E-state index >= 15 is 0 Å². The minimum absolute atomic E-state index is 0.513. The van der Waals surface area contributed by atoms with Crippen LogP contribution in [0.2, 0.25) is 0 Å². The molecule has 1 N–H and O–H groups in total. The molecule has 0 bridgehead atoms. The third kappa shape index (κ3) is 4.59.